The zero-order chi connectivity index (χ0) is 15.2. The van der Waals surface area contributed by atoms with Crippen LogP contribution in [0.2, 0.25) is 0 Å². The summed E-state index contributed by atoms with van der Waals surface area (Å²) in [6.45, 7) is 5.58. The highest BCUT2D eigenvalue weighted by atomic mass is 16.5. The van der Waals surface area contributed by atoms with Crippen molar-refractivity contribution in [3.8, 4) is 11.5 Å². The monoisotopic (exact) mass is 289 g/mol. The third kappa shape index (κ3) is 3.76. The zero-order valence-corrected chi connectivity index (χ0v) is 13.1. The highest BCUT2D eigenvalue weighted by molar-refractivity contribution is 5.43. The molecular formula is C16H23N3O2. The summed E-state index contributed by atoms with van der Waals surface area (Å²) >= 11 is 0. The number of methoxy groups -OCH3 is 1. The summed E-state index contributed by atoms with van der Waals surface area (Å²) in [6.07, 6.45) is 3.66. The van der Waals surface area contributed by atoms with Crippen molar-refractivity contribution in [1.82, 2.24) is 14.9 Å². The van der Waals surface area contributed by atoms with Gasteiger partial charge in [-0.2, -0.15) is 0 Å². The summed E-state index contributed by atoms with van der Waals surface area (Å²) < 4.78 is 13.2. The minimum absolute atomic E-state index is 0.285. The molecule has 0 saturated carbocycles. The molecule has 21 heavy (non-hydrogen) atoms. The molecule has 0 saturated heterocycles. The molecular weight excluding hydrogens is 266 g/mol. The number of hydrogen-bond donors (Lipinski definition) is 1. The molecule has 0 fully saturated rings. The van der Waals surface area contributed by atoms with E-state index in [1.165, 1.54) is 5.56 Å². The molecule has 1 N–H and O–H groups in total. The lowest BCUT2D eigenvalue weighted by Gasteiger charge is -2.16. The number of benzene rings is 1. The first-order valence-corrected chi connectivity index (χ1v) is 7.16. The molecule has 1 aromatic heterocycles. The molecule has 0 aliphatic heterocycles. The third-order valence-corrected chi connectivity index (χ3v) is 3.48. The van der Waals surface area contributed by atoms with Crippen molar-refractivity contribution in [2.45, 2.75) is 26.5 Å². The molecule has 1 atom stereocenters. The summed E-state index contributed by atoms with van der Waals surface area (Å²) in [4.78, 5) is 4.24. The maximum atomic E-state index is 5.82. The number of aryl methyl sites for hydroxylation is 1. The van der Waals surface area contributed by atoms with E-state index in [-0.39, 0.29) is 6.04 Å². The number of nitrogens with zero attached hydrogens (tertiary/aromatic N) is 2. The standard InChI is InChI=1S/C16H23N3O2/c1-5-17-12(2)13-6-7-14(15(10-13)20-4)21-11-16-18-8-9-19(16)3/h6-10,12,17H,5,11H2,1-4H3. The smallest absolute Gasteiger partial charge is 0.161 e. The minimum atomic E-state index is 0.285. The molecule has 2 aromatic rings. The average Bonchev–Trinajstić information content (AvgIpc) is 2.90. The lowest BCUT2D eigenvalue weighted by Crippen LogP contribution is -2.17. The molecule has 0 spiro atoms. The van der Waals surface area contributed by atoms with Crippen molar-refractivity contribution in [2.24, 2.45) is 7.05 Å². The Labute approximate surface area is 125 Å². The van der Waals surface area contributed by atoms with Crippen LogP contribution in [0.1, 0.15) is 31.3 Å². The van der Waals surface area contributed by atoms with Crippen LogP contribution in [0.25, 0.3) is 0 Å². The molecule has 1 aromatic carbocycles. The Morgan fingerprint density at radius 3 is 2.76 bits per heavy atom. The van der Waals surface area contributed by atoms with Crippen LogP contribution >= 0.6 is 0 Å². The van der Waals surface area contributed by atoms with E-state index in [1.54, 1.807) is 13.3 Å². The van der Waals surface area contributed by atoms with Gasteiger partial charge in [-0.05, 0) is 31.2 Å². The molecule has 114 valence electrons. The maximum Gasteiger partial charge on any atom is 0.161 e. The van der Waals surface area contributed by atoms with Crippen molar-refractivity contribution in [3.05, 3.63) is 42.0 Å². The first-order chi connectivity index (χ1) is 10.2. The van der Waals surface area contributed by atoms with E-state index in [2.05, 4.69) is 30.2 Å². The molecule has 0 aliphatic carbocycles. The van der Waals surface area contributed by atoms with Gasteiger partial charge in [0.1, 0.15) is 12.4 Å². The van der Waals surface area contributed by atoms with Crippen molar-refractivity contribution < 1.29 is 9.47 Å². The van der Waals surface area contributed by atoms with Gasteiger partial charge >= 0.3 is 0 Å². The Balaban J connectivity index is 2.11. The van der Waals surface area contributed by atoms with E-state index in [0.717, 1.165) is 23.9 Å². The quantitative estimate of drug-likeness (QED) is 0.851. The van der Waals surface area contributed by atoms with Gasteiger partial charge in [-0.15, -0.1) is 0 Å². The predicted octanol–water partition coefficient (Wildman–Crippen LogP) is 2.68. The lowest BCUT2D eigenvalue weighted by atomic mass is 10.1. The fraction of sp³-hybridized carbons (Fsp3) is 0.438. The summed E-state index contributed by atoms with van der Waals surface area (Å²) in [6, 6.07) is 6.31. The molecule has 5 heteroatoms. The predicted molar refractivity (Wildman–Crippen MR) is 82.6 cm³/mol. The van der Waals surface area contributed by atoms with E-state index >= 15 is 0 Å². The highest BCUT2D eigenvalue weighted by Gasteiger charge is 2.11. The van der Waals surface area contributed by atoms with Crippen LogP contribution in [0.15, 0.2) is 30.6 Å². The topological polar surface area (TPSA) is 48.3 Å². The van der Waals surface area contributed by atoms with E-state index in [1.807, 2.05) is 29.9 Å². The van der Waals surface area contributed by atoms with Gasteiger partial charge in [-0.1, -0.05) is 13.0 Å². The average molecular weight is 289 g/mol. The Morgan fingerprint density at radius 2 is 2.14 bits per heavy atom. The molecule has 0 aliphatic rings. The van der Waals surface area contributed by atoms with Gasteiger partial charge in [0, 0.05) is 25.5 Å². The van der Waals surface area contributed by atoms with Crippen molar-refractivity contribution in [2.75, 3.05) is 13.7 Å². The van der Waals surface area contributed by atoms with E-state index in [0.29, 0.717) is 6.61 Å². The Bertz CT molecular complexity index is 581. The van der Waals surface area contributed by atoms with Crippen molar-refractivity contribution in [3.63, 3.8) is 0 Å². The van der Waals surface area contributed by atoms with Crippen molar-refractivity contribution in [1.29, 1.82) is 0 Å². The van der Waals surface area contributed by atoms with Crippen LogP contribution in [0.5, 0.6) is 11.5 Å². The Morgan fingerprint density at radius 1 is 1.33 bits per heavy atom. The van der Waals surface area contributed by atoms with Gasteiger partial charge in [-0.25, -0.2) is 4.98 Å². The van der Waals surface area contributed by atoms with Gasteiger partial charge in [0.05, 0.1) is 7.11 Å². The maximum absolute atomic E-state index is 5.82. The van der Waals surface area contributed by atoms with Gasteiger partial charge < -0.3 is 19.4 Å². The van der Waals surface area contributed by atoms with Crippen LogP contribution in [0.3, 0.4) is 0 Å². The van der Waals surface area contributed by atoms with Crippen LogP contribution in [0.4, 0.5) is 0 Å². The van der Waals surface area contributed by atoms with Gasteiger partial charge in [0.2, 0.25) is 0 Å². The van der Waals surface area contributed by atoms with Crippen LogP contribution in [-0.4, -0.2) is 23.2 Å². The normalized spacial score (nSPS) is 12.2. The second-order valence-electron chi connectivity index (χ2n) is 4.93. The molecule has 2 rings (SSSR count). The number of imidazole rings is 1. The lowest BCUT2D eigenvalue weighted by molar-refractivity contribution is 0.273. The largest absolute Gasteiger partial charge is 0.493 e. The number of ether oxygens (including phenoxy) is 2. The molecule has 5 nitrogen and oxygen atoms in total. The molecule has 1 heterocycles. The second-order valence-corrected chi connectivity index (χ2v) is 4.93. The molecule has 1 unspecified atom stereocenters. The van der Waals surface area contributed by atoms with E-state index in [9.17, 15) is 0 Å². The number of rotatable bonds is 7. The number of aromatic nitrogens is 2. The molecule has 0 radical (unpaired) electrons. The van der Waals surface area contributed by atoms with Crippen LogP contribution in [-0.2, 0) is 13.7 Å². The summed E-state index contributed by atoms with van der Waals surface area (Å²) in [7, 11) is 3.61. The fourth-order valence-electron chi connectivity index (χ4n) is 2.17. The summed E-state index contributed by atoms with van der Waals surface area (Å²) in [5.74, 6) is 2.35. The minimum Gasteiger partial charge on any atom is -0.493 e. The summed E-state index contributed by atoms with van der Waals surface area (Å²) in [5.41, 5.74) is 1.18. The number of nitrogens with one attached hydrogen (secondary N) is 1. The van der Waals surface area contributed by atoms with Gasteiger partial charge in [-0.3, -0.25) is 0 Å². The molecule has 0 amide bonds. The fourth-order valence-corrected chi connectivity index (χ4v) is 2.17. The second kappa shape index (κ2) is 7.13. The van der Waals surface area contributed by atoms with Crippen LogP contribution in [0, 0.1) is 0 Å². The zero-order valence-electron chi connectivity index (χ0n) is 13.1. The third-order valence-electron chi connectivity index (χ3n) is 3.48. The SMILES string of the molecule is CCNC(C)c1ccc(OCc2nccn2C)c(OC)c1. The van der Waals surface area contributed by atoms with Crippen LogP contribution < -0.4 is 14.8 Å². The number of hydrogen-bond acceptors (Lipinski definition) is 4. The van der Waals surface area contributed by atoms with E-state index < -0.39 is 0 Å². The van der Waals surface area contributed by atoms with Crippen molar-refractivity contribution >= 4 is 0 Å². The van der Waals surface area contributed by atoms with Gasteiger partial charge in [0.15, 0.2) is 11.5 Å². The Kier molecular flexibility index (Phi) is 5.22. The molecule has 0 bridgehead atoms. The summed E-state index contributed by atoms with van der Waals surface area (Å²) in [5, 5.41) is 3.38. The highest BCUT2D eigenvalue weighted by Crippen LogP contribution is 2.30. The first-order valence-electron chi connectivity index (χ1n) is 7.16. The van der Waals surface area contributed by atoms with Gasteiger partial charge in [0.25, 0.3) is 0 Å². The Hall–Kier alpha value is -2.01. The first kappa shape index (κ1) is 15.4. The van der Waals surface area contributed by atoms with E-state index in [4.69, 9.17) is 9.47 Å².